The monoisotopic (exact) mass is 423 g/mol. The second-order valence-corrected chi connectivity index (χ2v) is 9.10. The molecular formula is C22H21N3O4S. The van der Waals surface area contributed by atoms with E-state index < -0.39 is 14.9 Å². The van der Waals surface area contributed by atoms with Crippen LogP contribution in [0.4, 0.5) is 11.4 Å². The Kier molecular flexibility index (Phi) is 5.27. The minimum absolute atomic E-state index is 0.0865. The van der Waals surface area contributed by atoms with Gasteiger partial charge in [0.15, 0.2) is 0 Å². The van der Waals surface area contributed by atoms with Crippen LogP contribution in [0.15, 0.2) is 77.7 Å². The summed E-state index contributed by atoms with van der Waals surface area (Å²) in [5, 5.41) is 15.0. The smallest absolute Gasteiger partial charge is 0.293 e. The van der Waals surface area contributed by atoms with Crippen LogP contribution in [0.2, 0.25) is 0 Å². The minimum atomic E-state index is -3.95. The molecule has 0 bridgehead atoms. The number of nitrogens with one attached hydrogen (secondary N) is 1. The lowest BCUT2D eigenvalue weighted by molar-refractivity contribution is -0.384. The number of anilines is 1. The Morgan fingerprint density at radius 1 is 1.03 bits per heavy atom. The summed E-state index contributed by atoms with van der Waals surface area (Å²) in [5.74, 6) is 0. The highest BCUT2D eigenvalue weighted by Gasteiger charge is 2.41. The van der Waals surface area contributed by atoms with E-state index in [1.54, 1.807) is 24.3 Å². The first-order valence-corrected chi connectivity index (χ1v) is 11.0. The number of nitro benzene ring substituents is 1. The van der Waals surface area contributed by atoms with E-state index >= 15 is 0 Å². The molecule has 0 amide bonds. The van der Waals surface area contributed by atoms with Gasteiger partial charge in [0, 0.05) is 18.2 Å². The average molecular weight is 423 g/mol. The summed E-state index contributed by atoms with van der Waals surface area (Å²) >= 11 is 0. The lowest BCUT2D eigenvalue weighted by Gasteiger charge is -2.20. The lowest BCUT2D eigenvalue weighted by Crippen LogP contribution is -2.33. The van der Waals surface area contributed by atoms with Crippen LogP contribution in [-0.4, -0.2) is 19.9 Å². The number of para-hydroxylation sites is 1. The molecule has 7 nitrogen and oxygen atoms in total. The molecule has 3 aromatic rings. The number of aryl methyl sites for hydroxylation is 1. The molecule has 3 aromatic carbocycles. The van der Waals surface area contributed by atoms with Gasteiger partial charge < -0.3 is 5.32 Å². The van der Waals surface area contributed by atoms with Gasteiger partial charge in [-0.05, 0) is 24.6 Å². The fourth-order valence-corrected chi connectivity index (χ4v) is 5.19. The quantitative estimate of drug-likeness (QED) is 0.479. The first kappa shape index (κ1) is 20.1. The number of benzene rings is 3. The van der Waals surface area contributed by atoms with Crippen LogP contribution < -0.4 is 9.62 Å². The fourth-order valence-electron chi connectivity index (χ4n) is 3.67. The maximum atomic E-state index is 13.4. The topological polar surface area (TPSA) is 92.6 Å². The van der Waals surface area contributed by atoms with Crippen LogP contribution in [0.5, 0.6) is 0 Å². The van der Waals surface area contributed by atoms with Gasteiger partial charge in [0.25, 0.3) is 15.7 Å². The number of hydrogen-bond donors (Lipinski definition) is 1. The van der Waals surface area contributed by atoms with E-state index in [2.05, 4.69) is 5.32 Å². The zero-order valence-electron chi connectivity index (χ0n) is 16.4. The van der Waals surface area contributed by atoms with Crippen LogP contribution >= 0.6 is 0 Å². The predicted molar refractivity (Wildman–Crippen MR) is 115 cm³/mol. The lowest BCUT2D eigenvalue weighted by atomic mass is 10.1. The summed E-state index contributed by atoms with van der Waals surface area (Å²) in [4.78, 5) is 11.2. The Morgan fingerprint density at radius 2 is 1.73 bits per heavy atom. The van der Waals surface area contributed by atoms with Gasteiger partial charge in [0.2, 0.25) is 0 Å². The Morgan fingerprint density at radius 3 is 2.40 bits per heavy atom. The molecule has 8 heteroatoms. The van der Waals surface area contributed by atoms with E-state index in [0.29, 0.717) is 12.1 Å². The molecule has 0 saturated heterocycles. The summed E-state index contributed by atoms with van der Waals surface area (Å²) in [5.41, 5.74) is 2.50. The van der Waals surface area contributed by atoms with Crippen molar-refractivity contribution in [3.63, 3.8) is 0 Å². The summed E-state index contributed by atoms with van der Waals surface area (Å²) in [6.45, 7) is 2.48. The molecule has 0 fully saturated rings. The van der Waals surface area contributed by atoms with E-state index in [0.717, 1.165) is 15.4 Å². The SMILES string of the molecule is Cc1ccc(S(=O)(=O)N2CC(NCc3ccccc3)c3cccc([N+](=O)[O-])c32)cc1. The highest BCUT2D eigenvalue weighted by Crippen LogP contribution is 2.44. The average Bonchev–Trinajstić information content (AvgIpc) is 3.13. The van der Waals surface area contributed by atoms with E-state index in [1.807, 2.05) is 37.3 Å². The number of nitro groups is 1. The fraction of sp³-hybridized carbons (Fsp3) is 0.182. The van der Waals surface area contributed by atoms with Crippen molar-refractivity contribution in [2.75, 3.05) is 10.8 Å². The molecule has 0 radical (unpaired) electrons. The Balaban J connectivity index is 1.74. The third-order valence-corrected chi connectivity index (χ3v) is 7.00. The largest absolute Gasteiger partial charge is 0.304 e. The Hall–Kier alpha value is -3.23. The molecule has 1 unspecified atom stereocenters. The van der Waals surface area contributed by atoms with Crippen molar-refractivity contribution in [2.45, 2.75) is 24.4 Å². The standard InChI is InChI=1S/C22H21N3O4S/c1-16-10-12-18(13-11-16)30(28,29)24-15-20(23-14-17-6-3-2-4-7-17)19-8-5-9-21(22(19)24)25(26)27/h2-13,20,23H,14-15H2,1H3. The summed E-state index contributed by atoms with van der Waals surface area (Å²) in [6, 6.07) is 20.5. The zero-order valence-corrected chi connectivity index (χ0v) is 17.2. The van der Waals surface area contributed by atoms with Crippen molar-refractivity contribution >= 4 is 21.4 Å². The molecule has 0 saturated carbocycles. The number of hydrogen-bond acceptors (Lipinski definition) is 5. The first-order chi connectivity index (χ1) is 14.4. The Bertz CT molecular complexity index is 1180. The van der Waals surface area contributed by atoms with Gasteiger partial charge in [0.05, 0.1) is 22.4 Å². The third kappa shape index (κ3) is 3.67. The Labute approximate surface area is 175 Å². The van der Waals surface area contributed by atoms with E-state index in [-0.39, 0.29) is 28.9 Å². The molecule has 1 atom stereocenters. The number of rotatable bonds is 6. The van der Waals surface area contributed by atoms with Crippen LogP contribution in [0.1, 0.15) is 22.7 Å². The van der Waals surface area contributed by atoms with Crippen molar-refractivity contribution in [3.8, 4) is 0 Å². The molecule has 4 rings (SSSR count). The maximum absolute atomic E-state index is 13.4. The van der Waals surface area contributed by atoms with E-state index in [4.69, 9.17) is 0 Å². The van der Waals surface area contributed by atoms with E-state index in [9.17, 15) is 18.5 Å². The number of nitrogens with zero attached hydrogens (tertiary/aromatic N) is 2. The van der Waals surface area contributed by atoms with E-state index in [1.165, 1.54) is 18.2 Å². The van der Waals surface area contributed by atoms with Gasteiger partial charge >= 0.3 is 0 Å². The second kappa shape index (κ2) is 7.89. The van der Waals surface area contributed by atoms with Gasteiger partial charge in [-0.1, -0.05) is 60.2 Å². The highest BCUT2D eigenvalue weighted by atomic mass is 32.2. The molecular weight excluding hydrogens is 402 g/mol. The van der Waals surface area contributed by atoms with Crippen molar-refractivity contribution in [1.29, 1.82) is 0 Å². The van der Waals surface area contributed by atoms with Crippen molar-refractivity contribution in [3.05, 3.63) is 99.6 Å². The highest BCUT2D eigenvalue weighted by molar-refractivity contribution is 7.92. The normalized spacial score (nSPS) is 15.8. The molecule has 1 aliphatic rings. The maximum Gasteiger partial charge on any atom is 0.293 e. The molecule has 0 aromatic heterocycles. The molecule has 30 heavy (non-hydrogen) atoms. The van der Waals surface area contributed by atoms with Crippen LogP contribution in [0.25, 0.3) is 0 Å². The van der Waals surface area contributed by atoms with Gasteiger partial charge in [0.1, 0.15) is 5.69 Å². The van der Waals surface area contributed by atoms with Gasteiger partial charge in [-0.2, -0.15) is 0 Å². The van der Waals surface area contributed by atoms with Gasteiger partial charge in [-0.25, -0.2) is 8.42 Å². The summed E-state index contributed by atoms with van der Waals surface area (Å²) < 4.78 is 27.9. The molecule has 154 valence electrons. The molecule has 1 aliphatic heterocycles. The molecule has 0 spiro atoms. The molecule has 0 aliphatic carbocycles. The number of sulfonamides is 1. The zero-order chi connectivity index (χ0) is 21.3. The van der Waals surface area contributed by atoms with Crippen LogP contribution in [-0.2, 0) is 16.6 Å². The van der Waals surface area contributed by atoms with Crippen LogP contribution in [0.3, 0.4) is 0 Å². The second-order valence-electron chi connectivity index (χ2n) is 7.24. The molecule has 1 heterocycles. The first-order valence-electron chi connectivity index (χ1n) is 9.52. The summed E-state index contributed by atoms with van der Waals surface area (Å²) in [6.07, 6.45) is 0. The third-order valence-electron chi connectivity index (χ3n) is 5.22. The number of fused-ring (bicyclic) bond motifs is 1. The molecule has 1 N–H and O–H groups in total. The van der Waals surface area contributed by atoms with Crippen molar-refractivity contribution in [2.24, 2.45) is 0 Å². The van der Waals surface area contributed by atoms with Gasteiger partial charge in [-0.3, -0.25) is 14.4 Å². The predicted octanol–water partition coefficient (Wildman–Crippen LogP) is 3.94. The minimum Gasteiger partial charge on any atom is -0.304 e. The van der Waals surface area contributed by atoms with Gasteiger partial charge in [-0.15, -0.1) is 0 Å². The van der Waals surface area contributed by atoms with Crippen molar-refractivity contribution < 1.29 is 13.3 Å². The van der Waals surface area contributed by atoms with Crippen molar-refractivity contribution in [1.82, 2.24) is 5.32 Å². The summed E-state index contributed by atoms with van der Waals surface area (Å²) in [7, 11) is -3.95. The van der Waals surface area contributed by atoms with Crippen LogP contribution in [0, 0.1) is 17.0 Å².